The minimum absolute atomic E-state index is 0.143. The van der Waals surface area contributed by atoms with Gasteiger partial charge in [0.2, 0.25) is 0 Å². The van der Waals surface area contributed by atoms with E-state index in [0.717, 1.165) is 4.91 Å². The summed E-state index contributed by atoms with van der Waals surface area (Å²) in [4.78, 5) is 11.9. The van der Waals surface area contributed by atoms with Gasteiger partial charge in [0.05, 0.1) is 0 Å². The lowest BCUT2D eigenvalue weighted by Crippen LogP contribution is -2.04. The molecule has 0 aromatic heterocycles. The number of hydrogen-bond donors (Lipinski definition) is 0. The Labute approximate surface area is 79.8 Å². The summed E-state index contributed by atoms with van der Waals surface area (Å²) in [7, 11) is 3.27. The van der Waals surface area contributed by atoms with Crippen molar-refractivity contribution in [1.82, 2.24) is 0 Å². The lowest BCUT2D eigenvalue weighted by Gasteiger charge is -2.07. The molecule has 0 bridgehead atoms. The SMILES string of the molecule is CCC(=O)OCC1=CC=CSS1. The first-order valence-electron chi connectivity index (χ1n) is 3.67. The first-order valence-corrected chi connectivity index (χ1v) is 5.89. The van der Waals surface area contributed by atoms with Crippen molar-refractivity contribution in [3.8, 4) is 0 Å². The molecule has 0 aromatic carbocycles. The standard InChI is InChI=1S/C8H10O2S2/c1-2-8(9)10-6-7-4-3-5-11-12-7/h3-5H,2,6H2,1H3. The molecule has 0 amide bonds. The third kappa shape index (κ3) is 3.36. The van der Waals surface area contributed by atoms with Crippen molar-refractivity contribution in [2.45, 2.75) is 13.3 Å². The average Bonchev–Trinajstić information content (AvgIpc) is 2.16. The van der Waals surface area contributed by atoms with Gasteiger partial charge in [-0.3, -0.25) is 4.79 Å². The summed E-state index contributed by atoms with van der Waals surface area (Å²) < 4.78 is 4.96. The van der Waals surface area contributed by atoms with Gasteiger partial charge in [0.1, 0.15) is 6.61 Å². The predicted octanol–water partition coefficient (Wildman–Crippen LogP) is 2.73. The Balaban J connectivity index is 2.27. The monoisotopic (exact) mass is 202 g/mol. The number of carbonyl (C=O) groups is 1. The molecule has 1 aliphatic heterocycles. The zero-order valence-corrected chi connectivity index (χ0v) is 8.41. The molecule has 2 nitrogen and oxygen atoms in total. The molecule has 0 radical (unpaired) electrons. The number of ether oxygens (including phenoxy) is 1. The quantitative estimate of drug-likeness (QED) is 0.519. The molecule has 1 heterocycles. The Morgan fingerprint density at radius 1 is 1.67 bits per heavy atom. The molecule has 0 aliphatic carbocycles. The number of esters is 1. The Bertz CT molecular complexity index is 221. The molecule has 0 unspecified atom stereocenters. The molecule has 0 aromatic rings. The second-order valence-electron chi connectivity index (χ2n) is 2.16. The number of allylic oxidation sites excluding steroid dienone is 2. The van der Waals surface area contributed by atoms with Crippen LogP contribution in [0.15, 0.2) is 22.5 Å². The van der Waals surface area contributed by atoms with Crippen LogP contribution in [0.3, 0.4) is 0 Å². The van der Waals surface area contributed by atoms with Crippen molar-refractivity contribution in [1.29, 1.82) is 0 Å². The van der Waals surface area contributed by atoms with Crippen molar-refractivity contribution in [2.75, 3.05) is 6.61 Å². The first kappa shape index (κ1) is 9.74. The van der Waals surface area contributed by atoms with E-state index < -0.39 is 0 Å². The van der Waals surface area contributed by atoms with Crippen LogP contribution in [-0.4, -0.2) is 12.6 Å². The normalized spacial score (nSPS) is 15.6. The van der Waals surface area contributed by atoms with Crippen molar-refractivity contribution < 1.29 is 9.53 Å². The van der Waals surface area contributed by atoms with Crippen LogP contribution in [0, 0.1) is 0 Å². The van der Waals surface area contributed by atoms with E-state index in [-0.39, 0.29) is 5.97 Å². The molecule has 0 fully saturated rings. The Morgan fingerprint density at radius 3 is 3.08 bits per heavy atom. The fourth-order valence-electron chi connectivity index (χ4n) is 0.622. The average molecular weight is 202 g/mol. The van der Waals surface area contributed by atoms with Gasteiger partial charge in [-0.2, -0.15) is 0 Å². The van der Waals surface area contributed by atoms with Gasteiger partial charge >= 0.3 is 5.97 Å². The van der Waals surface area contributed by atoms with Gasteiger partial charge in [0.25, 0.3) is 0 Å². The van der Waals surface area contributed by atoms with E-state index in [1.807, 2.05) is 17.6 Å². The zero-order valence-electron chi connectivity index (χ0n) is 6.78. The molecule has 1 aliphatic rings. The number of hydrogen-bond acceptors (Lipinski definition) is 4. The van der Waals surface area contributed by atoms with Gasteiger partial charge in [-0.1, -0.05) is 34.6 Å². The van der Waals surface area contributed by atoms with Gasteiger partial charge in [-0.15, -0.1) is 0 Å². The fraction of sp³-hybridized carbons (Fsp3) is 0.375. The van der Waals surface area contributed by atoms with E-state index in [4.69, 9.17) is 4.74 Å². The second-order valence-corrected chi connectivity index (χ2v) is 4.39. The van der Waals surface area contributed by atoms with Gasteiger partial charge < -0.3 is 4.74 Å². The molecule has 0 atom stereocenters. The van der Waals surface area contributed by atoms with Crippen LogP contribution in [0.1, 0.15) is 13.3 Å². The number of carbonyl (C=O) groups excluding carboxylic acids is 1. The van der Waals surface area contributed by atoms with Crippen LogP contribution in [0.25, 0.3) is 0 Å². The van der Waals surface area contributed by atoms with Gasteiger partial charge in [0.15, 0.2) is 0 Å². The fourth-order valence-corrected chi connectivity index (χ4v) is 2.23. The summed E-state index contributed by atoms with van der Waals surface area (Å²) in [6, 6.07) is 0. The first-order chi connectivity index (χ1) is 5.83. The summed E-state index contributed by atoms with van der Waals surface area (Å²) in [5.41, 5.74) is 0. The molecule has 1 rings (SSSR count). The van der Waals surface area contributed by atoms with E-state index in [2.05, 4.69) is 0 Å². The van der Waals surface area contributed by atoms with Crippen LogP contribution in [0.2, 0.25) is 0 Å². The molecule has 0 saturated carbocycles. The highest BCUT2D eigenvalue weighted by Gasteiger charge is 2.04. The van der Waals surface area contributed by atoms with Crippen LogP contribution in [0.5, 0.6) is 0 Å². The summed E-state index contributed by atoms with van der Waals surface area (Å²) in [5.74, 6) is -0.143. The molecule has 12 heavy (non-hydrogen) atoms. The van der Waals surface area contributed by atoms with E-state index >= 15 is 0 Å². The second kappa shape index (κ2) is 5.32. The van der Waals surface area contributed by atoms with Gasteiger partial charge in [-0.25, -0.2) is 0 Å². The highest BCUT2D eigenvalue weighted by Crippen LogP contribution is 2.34. The maximum Gasteiger partial charge on any atom is 0.305 e. The van der Waals surface area contributed by atoms with Gasteiger partial charge in [-0.05, 0) is 11.5 Å². The topological polar surface area (TPSA) is 26.3 Å². The van der Waals surface area contributed by atoms with Gasteiger partial charge in [0, 0.05) is 11.3 Å². The summed E-state index contributed by atoms with van der Waals surface area (Å²) >= 11 is 0. The van der Waals surface area contributed by atoms with Crippen LogP contribution >= 0.6 is 21.6 Å². The third-order valence-electron chi connectivity index (χ3n) is 1.24. The maximum absolute atomic E-state index is 10.8. The summed E-state index contributed by atoms with van der Waals surface area (Å²) in [6.07, 6.45) is 4.36. The molecule has 0 N–H and O–H groups in total. The number of rotatable bonds is 3. The van der Waals surface area contributed by atoms with Crippen LogP contribution in [-0.2, 0) is 9.53 Å². The summed E-state index contributed by atoms with van der Waals surface area (Å²) in [5, 5.41) is 2.00. The van der Waals surface area contributed by atoms with E-state index in [9.17, 15) is 4.79 Å². The van der Waals surface area contributed by atoms with Crippen molar-refractivity contribution in [2.24, 2.45) is 0 Å². The van der Waals surface area contributed by atoms with E-state index in [1.54, 1.807) is 28.5 Å². The smallest absolute Gasteiger partial charge is 0.305 e. The lowest BCUT2D eigenvalue weighted by molar-refractivity contribution is -0.142. The Morgan fingerprint density at radius 2 is 2.50 bits per heavy atom. The highest BCUT2D eigenvalue weighted by atomic mass is 33.1. The molecular weight excluding hydrogens is 192 g/mol. The van der Waals surface area contributed by atoms with Crippen molar-refractivity contribution in [3.05, 3.63) is 22.5 Å². The molecule has 0 spiro atoms. The largest absolute Gasteiger partial charge is 0.460 e. The van der Waals surface area contributed by atoms with E-state index in [0.29, 0.717) is 13.0 Å². The minimum atomic E-state index is -0.143. The molecular formula is C8H10O2S2. The maximum atomic E-state index is 10.8. The van der Waals surface area contributed by atoms with Crippen molar-refractivity contribution >= 4 is 27.6 Å². The molecule has 4 heteroatoms. The molecule has 0 saturated heterocycles. The highest BCUT2D eigenvalue weighted by molar-refractivity contribution is 8.79. The Hall–Kier alpha value is -0.350. The predicted molar refractivity (Wildman–Crippen MR) is 53.7 cm³/mol. The van der Waals surface area contributed by atoms with Crippen molar-refractivity contribution in [3.63, 3.8) is 0 Å². The zero-order chi connectivity index (χ0) is 8.81. The lowest BCUT2D eigenvalue weighted by atomic mass is 10.5. The molecule has 66 valence electrons. The van der Waals surface area contributed by atoms with E-state index in [1.165, 1.54) is 0 Å². The minimum Gasteiger partial charge on any atom is -0.460 e. The summed E-state index contributed by atoms with van der Waals surface area (Å²) in [6.45, 7) is 2.20. The van der Waals surface area contributed by atoms with Crippen LogP contribution in [0.4, 0.5) is 0 Å². The Kier molecular flexibility index (Phi) is 4.32. The third-order valence-corrected chi connectivity index (χ3v) is 3.33. The van der Waals surface area contributed by atoms with Crippen LogP contribution < -0.4 is 0 Å².